The number of ketones is 1. The van der Waals surface area contributed by atoms with Crippen molar-refractivity contribution >= 4 is 5.78 Å². The van der Waals surface area contributed by atoms with E-state index in [1.165, 1.54) is 6.08 Å². The highest BCUT2D eigenvalue weighted by Crippen LogP contribution is 1.85. The molecule has 0 rings (SSSR count). The molecule has 0 bridgehead atoms. The Balaban J connectivity index is 3.03. The quantitative estimate of drug-likeness (QED) is 0.426. The summed E-state index contributed by atoms with van der Waals surface area (Å²) >= 11 is 0. The molecule has 0 amide bonds. The lowest BCUT2D eigenvalue weighted by Crippen LogP contribution is -2.04. The van der Waals surface area contributed by atoms with Gasteiger partial charge in [-0.2, -0.15) is 0 Å². The smallest absolute Gasteiger partial charge is 0.157 e. The summed E-state index contributed by atoms with van der Waals surface area (Å²) < 4.78 is 4.84. The van der Waals surface area contributed by atoms with Crippen LogP contribution in [0.3, 0.4) is 0 Å². The summed E-state index contributed by atoms with van der Waals surface area (Å²) in [5.41, 5.74) is 0. The Morgan fingerprint density at radius 2 is 2.30 bits per heavy atom. The molecule has 0 heterocycles. The van der Waals surface area contributed by atoms with Gasteiger partial charge < -0.3 is 9.84 Å². The molecule has 0 saturated heterocycles. The van der Waals surface area contributed by atoms with Crippen LogP contribution >= 0.6 is 0 Å². The minimum Gasteiger partial charge on any atom is -0.394 e. The van der Waals surface area contributed by atoms with E-state index in [1.807, 2.05) is 0 Å². The number of hydrogen-bond acceptors (Lipinski definition) is 3. The van der Waals surface area contributed by atoms with Gasteiger partial charge in [0.05, 0.1) is 19.8 Å². The second kappa shape index (κ2) is 6.45. The van der Waals surface area contributed by atoms with Crippen LogP contribution in [0.4, 0.5) is 0 Å². The summed E-state index contributed by atoms with van der Waals surface area (Å²) in [6.07, 6.45) is 1.62. The Labute approximate surface area is 60.3 Å². The molecule has 0 aromatic carbocycles. The first-order valence-corrected chi connectivity index (χ1v) is 3.15. The van der Waals surface area contributed by atoms with Gasteiger partial charge in [0.2, 0.25) is 0 Å². The maximum Gasteiger partial charge on any atom is 0.157 e. The lowest BCUT2D eigenvalue weighted by molar-refractivity contribution is -0.115. The van der Waals surface area contributed by atoms with Crippen LogP contribution in [0.2, 0.25) is 0 Å². The molecule has 3 heteroatoms. The highest BCUT2D eigenvalue weighted by molar-refractivity contribution is 5.89. The van der Waals surface area contributed by atoms with Gasteiger partial charge in [-0.05, 0) is 6.08 Å². The predicted octanol–water partition coefficient (Wildman–Crippen LogP) is 0.141. The highest BCUT2D eigenvalue weighted by atomic mass is 16.5. The van der Waals surface area contributed by atoms with Gasteiger partial charge in [-0.15, -0.1) is 0 Å². The van der Waals surface area contributed by atoms with Gasteiger partial charge in [-0.3, -0.25) is 4.79 Å². The third kappa shape index (κ3) is 5.47. The number of aliphatic hydroxyl groups is 1. The first kappa shape index (κ1) is 9.33. The van der Waals surface area contributed by atoms with E-state index in [0.717, 1.165) is 0 Å². The molecule has 0 aliphatic heterocycles. The fourth-order valence-electron chi connectivity index (χ4n) is 0.441. The predicted molar refractivity (Wildman–Crippen MR) is 37.7 cm³/mol. The number of hydrogen-bond donors (Lipinski definition) is 1. The first-order valence-electron chi connectivity index (χ1n) is 3.15. The fourth-order valence-corrected chi connectivity index (χ4v) is 0.441. The van der Waals surface area contributed by atoms with Crippen molar-refractivity contribution < 1.29 is 14.6 Å². The van der Waals surface area contributed by atoms with Crippen LogP contribution in [0.15, 0.2) is 12.7 Å². The van der Waals surface area contributed by atoms with Gasteiger partial charge >= 0.3 is 0 Å². The third-order valence-corrected chi connectivity index (χ3v) is 0.956. The molecular formula is C7H12O3. The second-order valence-corrected chi connectivity index (χ2v) is 1.76. The van der Waals surface area contributed by atoms with E-state index < -0.39 is 0 Å². The van der Waals surface area contributed by atoms with Crippen LogP contribution < -0.4 is 0 Å². The Kier molecular flexibility index (Phi) is 6.02. The fraction of sp³-hybridized carbons (Fsp3) is 0.571. The second-order valence-electron chi connectivity index (χ2n) is 1.76. The average Bonchev–Trinajstić information content (AvgIpc) is 1.98. The molecule has 0 unspecified atom stereocenters. The van der Waals surface area contributed by atoms with E-state index in [9.17, 15) is 4.79 Å². The molecule has 0 aromatic heterocycles. The minimum atomic E-state index is -0.0297. The Bertz CT molecular complexity index is 109. The summed E-state index contributed by atoms with van der Waals surface area (Å²) in [5.74, 6) is -0.0297. The van der Waals surface area contributed by atoms with Crippen molar-refractivity contribution in [1.82, 2.24) is 0 Å². The van der Waals surface area contributed by atoms with E-state index >= 15 is 0 Å². The summed E-state index contributed by atoms with van der Waals surface area (Å²) in [6.45, 7) is 3.97. The molecule has 0 fully saturated rings. The SMILES string of the molecule is C=CC(=O)CCOCCO. The number of rotatable bonds is 6. The molecule has 3 nitrogen and oxygen atoms in total. The lowest BCUT2D eigenvalue weighted by atomic mass is 10.3. The monoisotopic (exact) mass is 144 g/mol. The van der Waals surface area contributed by atoms with Crippen LogP contribution in [-0.4, -0.2) is 30.7 Å². The standard InChI is InChI=1S/C7H12O3/c1-2-7(9)3-5-10-6-4-8/h2,8H,1,3-6H2. The molecule has 0 radical (unpaired) electrons. The summed E-state index contributed by atoms with van der Waals surface area (Å²) in [4.78, 5) is 10.5. The lowest BCUT2D eigenvalue weighted by Gasteiger charge is -1.97. The van der Waals surface area contributed by atoms with Crippen molar-refractivity contribution in [1.29, 1.82) is 0 Å². The maximum atomic E-state index is 10.5. The van der Waals surface area contributed by atoms with Gasteiger partial charge in [0.15, 0.2) is 5.78 Å². The molecule has 58 valence electrons. The largest absolute Gasteiger partial charge is 0.394 e. The molecule has 0 aromatic rings. The van der Waals surface area contributed by atoms with Crippen molar-refractivity contribution in [2.75, 3.05) is 19.8 Å². The van der Waals surface area contributed by atoms with Crippen LogP contribution in [0.5, 0.6) is 0 Å². The van der Waals surface area contributed by atoms with E-state index in [1.54, 1.807) is 0 Å². The molecule has 0 aliphatic rings. The van der Waals surface area contributed by atoms with Crippen molar-refractivity contribution in [2.45, 2.75) is 6.42 Å². The van der Waals surface area contributed by atoms with Gasteiger partial charge in [0.1, 0.15) is 0 Å². The number of allylic oxidation sites excluding steroid dienone is 1. The van der Waals surface area contributed by atoms with Crippen molar-refractivity contribution in [3.63, 3.8) is 0 Å². The Morgan fingerprint density at radius 3 is 2.80 bits per heavy atom. The molecule has 10 heavy (non-hydrogen) atoms. The normalized spacial score (nSPS) is 9.30. The average molecular weight is 144 g/mol. The van der Waals surface area contributed by atoms with E-state index in [-0.39, 0.29) is 12.4 Å². The van der Waals surface area contributed by atoms with E-state index in [4.69, 9.17) is 9.84 Å². The summed E-state index contributed by atoms with van der Waals surface area (Å²) in [6, 6.07) is 0. The van der Waals surface area contributed by atoms with Crippen molar-refractivity contribution in [2.24, 2.45) is 0 Å². The molecule has 0 spiro atoms. The van der Waals surface area contributed by atoms with E-state index in [0.29, 0.717) is 19.6 Å². The van der Waals surface area contributed by atoms with Crippen molar-refractivity contribution in [3.8, 4) is 0 Å². The third-order valence-electron chi connectivity index (χ3n) is 0.956. The Hall–Kier alpha value is -0.670. The Morgan fingerprint density at radius 1 is 1.60 bits per heavy atom. The number of ether oxygens (including phenoxy) is 1. The van der Waals surface area contributed by atoms with E-state index in [2.05, 4.69) is 6.58 Å². The van der Waals surface area contributed by atoms with Crippen LogP contribution in [-0.2, 0) is 9.53 Å². The summed E-state index contributed by atoms with van der Waals surface area (Å²) in [5, 5.41) is 8.26. The van der Waals surface area contributed by atoms with Crippen LogP contribution in [0.25, 0.3) is 0 Å². The number of carbonyl (C=O) groups excluding carboxylic acids is 1. The zero-order valence-corrected chi connectivity index (χ0v) is 5.88. The van der Waals surface area contributed by atoms with Gasteiger partial charge in [0.25, 0.3) is 0 Å². The highest BCUT2D eigenvalue weighted by Gasteiger charge is 1.93. The molecule has 0 aliphatic carbocycles. The summed E-state index contributed by atoms with van der Waals surface area (Å²) in [7, 11) is 0. The first-order chi connectivity index (χ1) is 4.81. The van der Waals surface area contributed by atoms with Crippen LogP contribution in [0, 0.1) is 0 Å². The maximum absolute atomic E-state index is 10.5. The van der Waals surface area contributed by atoms with Gasteiger partial charge in [-0.1, -0.05) is 6.58 Å². The van der Waals surface area contributed by atoms with Crippen LogP contribution in [0.1, 0.15) is 6.42 Å². The van der Waals surface area contributed by atoms with Crippen molar-refractivity contribution in [3.05, 3.63) is 12.7 Å². The molecular weight excluding hydrogens is 132 g/mol. The molecule has 0 atom stereocenters. The number of carbonyl (C=O) groups is 1. The van der Waals surface area contributed by atoms with Gasteiger partial charge in [-0.25, -0.2) is 0 Å². The molecule has 1 N–H and O–H groups in total. The zero-order valence-electron chi connectivity index (χ0n) is 5.88. The topological polar surface area (TPSA) is 46.5 Å². The minimum absolute atomic E-state index is 0.00226. The number of aliphatic hydroxyl groups excluding tert-OH is 1. The van der Waals surface area contributed by atoms with Gasteiger partial charge in [0, 0.05) is 6.42 Å². The zero-order chi connectivity index (χ0) is 7.82. The molecule has 0 saturated carbocycles.